The molecule has 11 heteroatoms. The molecule has 0 saturated carbocycles. The second-order valence-electron chi connectivity index (χ2n) is 14.3. The molecule has 0 aliphatic carbocycles. The minimum atomic E-state index is -0.728. The number of hydrogen-bond acceptors (Lipinski definition) is 10. The maximum Gasteiger partial charge on any atom is 0.306 e. The highest BCUT2D eigenvalue weighted by Crippen LogP contribution is 2.38. The summed E-state index contributed by atoms with van der Waals surface area (Å²) in [5.41, 5.74) is 10.3. The van der Waals surface area contributed by atoms with Gasteiger partial charge < -0.3 is 19.9 Å². The highest BCUT2D eigenvalue weighted by molar-refractivity contribution is 5.91. The van der Waals surface area contributed by atoms with E-state index in [2.05, 4.69) is 58.2 Å². The van der Waals surface area contributed by atoms with Crippen molar-refractivity contribution in [1.82, 2.24) is 24.8 Å². The fraction of sp³-hybridized carbons (Fsp3) is 0.310. The molecule has 2 aliphatic heterocycles. The van der Waals surface area contributed by atoms with Crippen LogP contribution in [0, 0.1) is 31.1 Å². The third-order valence-corrected chi connectivity index (χ3v) is 10.8. The summed E-state index contributed by atoms with van der Waals surface area (Å²) < 4.78 is 6.30. The number of nitrogens with one attached hydrogen (secondary N) is 1. The van der Waals surface area contributed by atoms with Gasteiger partial charge in [0.25, 0.3) is 0 Å². The molecule has 1 atom stereocenters. The Labute approximate surface area is 307 Å². The molecule has 11 nitrogen and oxygen atoms in total. The number of fused-ring (bicyclic) bond motifs is 2. The number of benzene rings is 3. The number of carboxylic acid groups (broad SMARTS) is 1. The van der Waals surface area contributed by atoms with E-state index in [-0.39, 0.29) is 12.0 Å². The molecule has 6 aromatic rings. The standard InChI is InChI=1S/C42H41N7O4/c1-25-33(5-3-7-35(25)41-47-37-19-27(17-31(20-43)39(37)53-41)22-48-14-10-29(11-15-48)42(51)52)34-6-4-8-36(26(34)2)46-40-38-30(9-13-44-40)18-28(21-45-38)23-49-16-12-32(50)24-49/h3-9,13,17-19,21,29,32,50H,10-12,14-16,22-24H2,1-2H3,(H,44,46)(H,51,52). The summed E-state index contributed by atoms with van der Waals surface area (Å²) in [5.74, 6) is 0.111. The van der Waals surface area contributed by atoms with Gasteiger partial charge in [-0.25, -0.2) is 9.97 Å². The van der Waals surface area contributed by atoms with Crippen molar-refractivity contribution in [3.63, 3.8) is 0 Å². The number of anilines is 2. The molecule has 3 aromatic heterocycles. The first kappa shape index (κ1) is 34.4. The van der Waals surface area contributed by atoms with Crippen LogP contribution in [0.1, 0.15) is 47.1 Å². The van der Waals surface area contributed by atoms with Crippen molar-refractivity contribution < 1.29 is 19.4 Å². The van der Waals surface area contributed by atoms with Gasteiger partial charge in [0.1, 0.15) is 17.1 Å². The molecule has 3 N–H and O–H groups in total. The lowest BCUT2D eigenvalue weighted by atomic mass is 9.93. The van der Waals surface area contributed by atoms with Gasteiger partial charge in [-0.05, 0) is 116 Å². The van der Waals surface area contributed by atoms with Gasteiger partial charge in [0.15, 0.2) is 11.4 Å². The molecule has 3 aromatic carbocycles. The molecule has 2 aliphatic rings. The van der Waals surface area contributed by atoms with Crippen molar-refractivity contribution in [1.29, 1.82) is 5.26 Å². The summed E-state index contributed by atoms with van der Waals surface area (Å²) in [5, 5.41) is 33.9. The third-order valence-electron chi connectivity index (χ3n) is 10.8. The Bertz CT molecular complexity index is 2390. The first-order chi connectivity index (χ1) is 25.7. The lowest BCUT2D eigenvalue weighted by Crippen LogP contribution is -2.35. The summed E-state index contributed by atoms with van der Waals surface area (Å²) in [4.78, 5) is 30.2. The maximum atomic E-state index is 11.4. The van der Waals surface area contributed by atoms with Crippen LogP contribution in [-0.2, 0) is 17.9 Å². The molecule has 0 bridgehead atoms. The Hall–Kier alpha value is -5.67. The highest BCUT2D eigenvalue weighted by atomic mass is 16.4. The predicted octanol–water partition coefficient (Wildman–Crippen LogP) is 7.20. The van der Waals surface area contributed by atoms with Gasteiger partial charge in [0.2, 0.25) is 5.89 Å². The van der Waals surface area contributed by atoms with E-state index in [1.807, 2.05) is 48.7 Å². The fourth-order valence-corrected chi connectivity index (χ4v) is 7.82. The van der Waals surface area contributed by atoms with Crippen molar-refractivity contribution in [2.75, 3.05) is 31.5 Å². The number of rotatable bonds is 9. The molecule has 0 radical (unpaired) electrons. The molecular formula is C42H41N7O4. The number of carboxylic acids is 1. The third kappa shape index (κ3) is 6.97. The number of aliphatic hydroxyl groups is 1. The average Bonchev–Trinajstić information content (AvgIpc) is 3.78. The second-order valence-corrected chi connectivity index (χ2v) is 14.3. The lowest BCUT2D eigenvalue weighted by Gasteiger charge is -2.30. The quantitative estimate of drug-likeness (QED) is 0.140. The molecule has 1 unspecified atom stereocenters. The highest BCUT2D eigenvalue weighted by Gasteiger charge is 2.25. The van der Waals surface area contributed by atoms with Crippen molar-refractivity contribution in [3.05, 3.63) is 101 Å². The molecule has 0 amide bonds. The van der Waals surface area contributed by atoms with Crippen LogP contribution in [-0.4, -0.2) is 73.2 Å². The van der Waals surface area contributed by atoms with Crippen LogP contribution in [0.5, 0.6) is 0 Å². The minimum Gasteiger partial charge on any atom is -0.481 e. The van der Waals surface area contributed by atoms with E-state index < -0.39 is 5.97 Å². The Morgan fingerprint density at radius 3 is 2.42 bits per heavy atom. The molecule has 8 rings (SSSR count). The number of likely N-dealkylation sites (tertiary alicyclic amines) is 2. The largest absolute Gasteiger partial charge is 0.481 e. The van der Waals surface area contributed by atoms with E-state index >= 15 is 0 Å². The molecule has 2 saturated heterocycles. The first-order valence-corrected chi connectivity index (χ1v) is 18.1. The van der Waals surface area contributed by atoms with E-state index in [1.54, 1.807) is 6.20 Å². The molecule has 0 spiro atoms. The number of aromatic nitrogens is 3. The van der Waals surface area contributed by atoms with Gasteiger partial charge in [-0.1, -0.05) is 24.3 Å². The van der Waals surface area contributed by atoms with Crippen molar-refractivity contribution in [3.8, 4) is 28.7 Å². The number of hydrogen-bond donors (Lipinski definition) is 3. The van der Waals surface area contributed by atoms with E-state index in [4.69, 9.17) is 14.4 Å². The molecule has 268 valence electrons. The Balaban J connectivity index is 1.05. The Kier molecular flexibility index (Phi) is 9.35. The van der Waals surface area contributed by atoms with Crippen LogP contribution in [0.2, 0.25) is 0 Å². The smallest absolute Gasteiger partial charge is 0.306 e. The van der Waals surface area contributed by atoms with Crippen molar-refractivity contribution >= 4 is 39.5 Å². The fourth-order valence-electron chi connectivity index (χ4n) is 7.82. The lowest BCUT2D eigenvalue weighted by molar-refractivity contribution is -0.143. The van der Waals surface area contributed by atoms with E-state index in [0.29, 0.717) is 67.4 Å². The van der Waals surface area contributed by atoms with Crippen LogP contribution >= 0.6 is 0 Å². The van der Waals surface area contributed by atoms with Gasteiger partial charge in [-0.3, -0.25) is 19.6 Å². The second kappa shape index (κ2) is 14.4. The number of pyridine rings is 2. The van der Waals surface area contributed by atoms with Gasteiger partial charge in [0, 0.05) is 55.2 Å². The van der Waals surface area contributed by atoms with Gasteiger partial charge in [-0.15, -0.1) is 0 Å². The van der Waals surface area contributed by atoms with Gasteiger partial charge in [-0.2, -0.15) is 5.26 Å². The molecule has 5 heterocycles. The summed E-state index contributed by atoms with van der Waals surface area (Å²) in [6.07, 6.45) is 5.49. The number of piperidine rings is 1. The Morgan fingerprint density at radius 1 is 0.925 bits per heavy atom. The summed E-state index contributed by atoms with van der Waals surface area (Å²) in [7, 11) is 0. The molecule has 2 fully saturated rings. The number of oxazole rings is 1. The summed E-state index contributed by atoms with van der Waals surface area (Å²) in [6.45, 7) is 8.50. The van der Waals surface area contributed by atoms with Crippen molar-refractivity contribution in [2.24, 2.45) is 5.92 Å². The summed E-state index contributed by atoms with van der Waals surface area (Å²) in [6, 6.07) is 22.5. The van der Waals surface area contributed by atoms with Gasteiger partial charge >= 0.3 is 5.97 Å². The van der Waals surface area contributed by atoms with E-state index in [1.165, 1.54) is 0 Å². The SMILES string of the molecule is Cc1c(Nc2nccc3cc(CN4CCC(O)C4)cnc23)cccc1-c1cccc(-c2nc3cc(CN4CCC(C(=O)O)CC4)cc(C#N)c3o2)c1C. The monoisotopic (exact) mass is 707 g/mol. The van der Waals surface area contributed by atoms with E-state index in [9.17, 15) is 20.3 Å². The maximum absolute atomic E-state index is 11.4. The summed E-state index contributed by atoms with van der Waals surface area (Å²) >= 11 is 0. The predicted molar refractivity (Wildman–Crippen MR) is 203 cm³/mol. The molecule has 53 heavy (non-hydrogen) atoms. The van der Waals surface area contributed by atoms with Crippen LogP contribution in [0.25, 0.3) is 44.6 Å². The zero-order valence-corrected chi connectivity index (χ0v) is 29.8. The first-order valence-electron chi connectivity index (χ1n) is 18.1. The van der Waals surface area contributed by atoms with Crippen molar-refractivity contribution in [2.45, 2.75) is 52.3 Å². The number of carbonyl (C=O) groups is 1. The zero-order valence-electron chi connectivity index (χ0n) is 29.8. The number of aliphatic carboxylic acids is 1. The zero-order chi connectivity index (χ0) is 36.6. The Morgan fingerprint density at radius 2 is 1.66 bits per heavy atom. The van der Waals surface area contributed by atoms with Crippen LogP contribution in [0.4, 0.5) is 11.5 Å². The molecular weight excluding hydrogens is 667 g/mol. The normalized spacial score (nSPS) is 17.1. The van der Waals surface area contributed by atoms with Crippen LogP contribution < -0.4 is 5.32 Å². The number of nitrogens with zero attached hydrogens (tertiary/aromatic N) is 6. The minimum absolute atomic E-state index is 0.253. The average molecular weight is 708 g/mol. The number of aliphatic hydroxyl groups excluding tert-OH is 1. The number of β-amino-alcohol motifs (C(OH)–C–C–N with tert-alkyl or cyclic N) is 1. The van der Waals surface area contributed by atoms with Gasteiger partial charge in [0.05, 0.1) is 17.6 Å². The number of nitriles is 1. The van der Waals surface area contributed by atoms with E-state index in [0.717, 1.165) is 75.0 Å². The topological polar surface area (TPSA) is 152 Å². The van der Waals surface area contributed by atoms with Crippen LogP contribution in [0.15, 0.2) is 77.5 Å². The van der Waals surface area contributed by atoms with Crippen LogP contribution in [0.3, 0.4) is 0 Å².